The number of hydrogen-bond acceptors (Lipinski definition) is 7. The Morgan fingerprint density at radius 3 is 2.67 bits per heavy atom. The number of esters is 1. The zero-order valence-corrected chi connectivity index (χ0v) is 29.7. The number of quaternary nitrogens is 3. The first-order valence-corrected chi connectivity index (χ1v) is 19.4. The molecule has 268 valence electrons. The van der Waals surface area contributed by atoms with Crippen LogP contribution in [0.4, 0.5) is 0 Å². The number of aliphatic hydroxyl groups excluding tert-OH is 1. The fraction of sp³-hybridized carbons (Fsp3) is 0.816. The SMILES string of the molecule is CC[NH2+][C@H]1C[C@@H]2C=CCC[C@H]2C[C@@H]1COC(=O)[C@]12O[C@@]1(CC(CO)=C(C)CCC1CC[NH2+]C(NC[NH2+]C)C1)C(=O)C1CCCCC1C2=O. The molecule has 0 spiro atoms. The second kappa shape index (κ2) is 15.5. The van der Waals surface area contributed by atoms with Crippen LogP contribution in [0.2, 0.25) is 0 Å². The molecule has 0 amide bonds. The van der Waals surface area contributed by atoms with Crippen molar-refractivity contribution in [3.63, 3.8) is 0 Å². The molecule has 10 heteroatoms. The maximum Gasteiger partial charge on any atom is 0.350 e. The number of rotatable bonds is 14. The number of fused-ring (bicyclic) bond motifs is 3. The zero-order chi connectivity index (χ0) is 33.9. The van der Waals surface area contributed by atoms with Crippen LogP contribution in [0.3, 0.4) is 0 Å². The summed E-state index contributed by atoms with van der Waals surface area (Å²) in [5, 5.41) is 21.1. The van der Waals surface area contributed by atoms with Crippen LogP contribution in [0, 0.1) is 35.5 Å². The number of nitrogens with one attached hydrogen (secondary N) is 1. The summed E-state index contributed by atoms with van der Waals surface area (Å²) in [5.41, 5.74) is -1.69. The van der Waals surface area contributed by atoms with E-state index in [1.54, 1.807) is 0 Å². The van der Waals surface area contributed by atoms with Crippen molar-refractivity contribution in [2.45, 2.75) is 121 Å². The van der Waals surface area contributed by atoms with Gasteiger partial charge in [0.05, 0.1) is 39.4 Å². The molecule has 2 heterocycles. The van der Waals surface area contributed by atoms with E-state index in [-0.39, 0.29) is 37.1 Å². The van der Waals surface area contributed by atoms with Crippen molar-refractivity contribution in [1.29, 1.82) is 0 Å². The number of Topliss-reactive ketones (excluding diaryl/α,β-unsaturated/α-hetero) is 2. The Morgan fingerprint density at radius 2 is 1.92 bits per heavy atom. The molecule has 0 aromatic heterocycles. The number of hydrogen-bond donors (Lipinski definition) is 5. The molecule has 10 nitrogen and oxygen atoms in total. The summed E-state index contributed by atoms with van der Waals surface area (Å²) >= 11 is 0. The first kappa shape index (κ1) is 35.9. The van der Waals surface area contributed by atoms with E-state index in [1.165, 1.54) is 6.42 Å². The van der Waals surface area contributed by atoms with Crippen molar-refractivity contribution < 1.29 is 44.9 Å². The molecular formula is C38H63N4O6+3. The minimum atomic E-state index is -1.88. The summed E-state index contributed by atoms with van der Waals surface area (Å²) in [6, 6.07) is 0.352. The first-order valence-electron chi connectivity index (χ1n) is 19.4. The van der Waals surface area contributed by atoms with Crippen molar-refractivity contribution in [2.24, 2.45) is 35.5 Å². The summed E-state index contributed by atoms with van der Waals surface area (Å²) in [6.45, 7) is 7.18. The molecule has 48 heavy (non-hydrogen) atoms. The molecule has 6 aliphatic rings. The molecule has 2 aliphatic heterocycles. The highest BCUT2D eigenvalue weighted by molar-refractivity contribution is 6.23. The largest absolute Gasteiger partial charge is 0.463 e. The van der Waals surface area contributed by atoms with Gasteiger partial charge in [-0.05, 0) is 88.5 Å². The molecule has 2 saturated heterocycles. The highest BCUT2D eigenvalue weighted by atomic mass is 16.7. The van der Waals surface area contributed by atoms with E-state index in [2.05, 4.69) is 47.4 Å². The van der Waals surface area contributed by atoms with Crippen LogP contribution in [0.15, 0.2) is 23.3 Å². The van der Waals surface area contributed by atoms with Crippen LogP contribution in [0.5, 0.6) is 0 Å². The predicted octanol–water partition coefficient (Wildman–Crippen LogP) is 0.459. The number of nitrogens with two attached hydrogens (primary N) is 3. The summed E-state index contributed by atoms with van der Waals surface area (Å²) < 4.78 is 12.4. The van der Waals surface area contributed by atoms with Crippen LogP contribution in [-0.4, -0.2) is 86.1 Å². The topological polar surface area (TPSA) is 155 Å². The molecule has 0 aromatic carbocycles. The fourth-order valence-electron chi connectivity index (χ4n) is 10.3. The first-order chi connectivity index (χ1) is 23.3. The number of piperidine rings is 1. The van der Waals surface area contributed by atoms with E-state index < -0.39 is 29.0 Å². The van der Waals surface area contributed by atoms with E-state index in [1.807, 2.05) is 6.92 Å². The number of ether oxygens (including phenoxy) is 2. The second-order valence-electron chi connectivity index (χ2n) is 16.0. The molecule has 4 unspecified atom stereocenters. The third kappa shape index (κ3) is 6.87. The Kier molecular flexibility index (Phi) is 11.6. The number of carbonyl (C=O) groups excluding carboxylic acids is 3. The Morgan fingerprint density at radius 1 is 1.12 bits per heavy atom. The summed E-state index contributed by atoms with van der Waals surface area (Å²) in [6.07, 6.45) is 16.6. The molecule has 0 radical (unpaired) electrons. The maximum atomic E-state index is 14.4. The number of allylic oxidation sites excluding steroid dienone is 3. The molecular weight excluding hydrogens is 608 g/mol. The molecule has 8 N–H and O–H groups in total. The van der Waals surface area contributed by atoms with E-state index in [4.69, 9.17) is 9.47 Å². The van der Waals surface area contributed by atoms with Crippen LogP contribution in [0.25, 0.3) is 0 Å². The summed E-state index contributed by atoms with van der Waals surface area (Å²) in [7, 11) is 2.07. The molecule has 4 aliphatic carbocycles. The number of aliphatic hydroxyl groups is 1. The van der Waals surface area contributed by atoms with Gasteiger partial charge in [0.1, 0.15) is 12.8 Å². The van der Waals surface area contributed by atoms with Crippen LogP contribution in [-0.2, 0) is 23.9 Å². The van der Waals surface area contributed by atoms with E-state index >= 15 is 0 Å². The lowest BCUT2D eigenvalue weighted by atomic mass is 9.60. The van der Waals surface area contributed by atoms with Crippen LogP contribution < -0.4 is 21.3 Å². The van der Waals surface area contributed by atoms with Gasteiger partial charge in [0, 0.05) is 37.0 Å². The van der Waals surface area contributed by atoms with Crippen LogP contribution >= 0.6 is 0 Å². The van der Waals surface area contributed by atoms with Gasteiger partial charge in [0.25, 0.3) is 5.60 Å². The van der Waals surface area contributed by atoms with Crippen molar-refractivity contribution >= 4 is 17.5 Å². The number of ketones is 2. The van der Waals surface area contributed by atoms with Gasteiger partial charge in [-0.1, -0.05) is 30.6 Å². The van der Waals surface area contributed by atoms with Gasteiger partial charge >= 0.3 is 5.97 Å². The van der Waals surface area contributed by atoms with E-state index in [0.717, 1.165) is 88.7 Å². The van der Waals surface area contributed by atoms with Crippen molar-refractivity contribution in [1.82, 2.24) is 5.32 Å². The average Bonchev–Trinajstić information content (AvgIpc) is 3.82. The lowest BCUT2D eigenvalue weighted by Gasteiger charge is -2.40. The average molecular weight is 672 g/mol. The summed E-state index contributed by atoms with van der Waals surface area (Å²) in [4.78, 5) is 42.9. The van der Waals surface area contributed by atoms with Gasteiger partial charge < -0.3 is 30.5 Å². The Balaban J connectivity index is 1.18. The molecule has 0 bridgehead atoms. The third-order valence-corrected chi connectivity index (χ3v) is 13.1. The number of carbonyl (C=O) groups is 3. The lowest BCUT2D eigenvalue weighted by Crippen LogP contribution is -2.97. The van der Waals surface area contributed by atoms with Gasteiger partial charge in [-0.15, -0.1) is 0 Å². The minimum absolute atomic E-state index is 0.0823. The van der Waals surface area contributed by atoms with Gasteiger partial charge in [0.15, 0.2) is 17.2 Å². The molecule has 0 aromatic rings. The fourth-order valence-corrected chi connectivity index (χ4v) is 10.3. The highest BCUT2D eigenvalue weighted by Crippen LogP contribution is 2.62. The maximum absolute atomic E-state index is 14.4. The molecule has 5 fully saturated rings. The number of epoxide rings is 1. The standard InChI is InChI=1S/C38H60N4O6/c1-4-40-32-19-27-10-6-5-9-26(27)18-28(32)22-47-36(46)38-35(45)31-12-8-7-11-30(31)34(44)37(38,48-38)20-29(21-43)24(2)13-14-25-15-16-41-33(17-25)42-23-39-3/h6,10,25-28,30-33,39-43H,4-5,7-9,11-23H2,1-3H3/p+3/t25?,26-,27-,28+,30?,31?,32-,33?,37-,38-/m0/s1. The molecule has 10 atom stereocenters. The van der Waals surface area contributed by atoms with Crippen LogP contribution in [0.1, 0.15) is 97.3 Å². The van der Waals surface area contributed by atoms with Gasteiger partial charge in [0.2, 0.25) is 0 Å². The Labute approximate surface area is 287 Å². The van der Waals surface area contributed by atoms with Gasteiger partial charge in [-0.2, -0.15) is 0 Å². The Hall–Kier alpha value is -1.95. The zero-order valence-electron chi connectivity index (χ0n) is 29.7. The van der Waals surface area contributed by atoms with Crippen molar-refractivity contribution in [3.8, 4) is 0 Å². The second-order valence-corrected chi connectivity index (χ2v) is 16.0. The summed E-state index contributed by atoms with van der Waals surface area (Å²) in [5.74, 6) is -0.0120. The van der Waals surface area contributed by atoms with E-state index in [0.29, 0.717) is 42.8 Å². The Bertz CT molecular complexity index is 1250. The normalized spacial score (nSPS) is 39.6. The highest BCUT2D eigenvalue weighted by Gasteiger charge is 2.87. The smallest absolute Gasteiger partial charge is 0.350 e. The quantitative estimate of drug-likeness (QED) is 0.0591. The van der Waals surface area contributed by atoms with Crippen molar-refractivity contribution in [3.05, 3.63) is 23.3 Å². The third-order valence-electron chi connectivity index (χ3n) is 13.1. The molecule has 6 rings (SSSR count). The van der Waals surface area contributed by atoms with E-state index in [9.17, 15) is 19.5 Å². The predicted molar refractivity (Wildman–Crippen MR) is 180 cm³/mol. The van der Waals surface area contributed by atoms with Crippen molar-refractivity contribution in [2.75, 3.05) is 40.0 Å². The minimum Gasteiger partial charge on any atom is -0.463 e. The lowest BCUT2D eigenvalue weighted by molar-refractivity contribution is -0.716. The van der Waals surface area contributed by atoms with Gasteiger partial charge in [-0.3, -0.25) is 9.59 Å². The monoisotopic (exact) mass is 671 g/mol. The van der Waals surface area contributed by atoms with Gasteiger partial charge in [-0.25, -0.2) is 10.1 Å². The molecule has 3 saturated carbocycles.